The Labute approximate surface area is 150 Å². The molecule has 1 aromatic carbocycles. The van der Waals surface area contributed by atoms with Crippen molar-refractivity contribution in [2.45, 2.75) is 50.8 Å². The smallest absolute Gasteiger partial charge is 0.214 e. The van der Waals surface area contributed by atoms with Gasteiger partial charge >= 0.3 is 0 Å². The summed E-state index contributed by atoms with van der Waals surface area (Å²) in [6.45, 7) is 4.36. The van der Waals surface area contributed by atoms with Crippen LogP contribution in [0, 0.1) is 5.92 Å². The Bertz CT molecular complexity index is 812. The third-order valence-electron chi connectivity index (χ3n) is 5.00. The zero-order valence-electron chi connectivity index (χ0n) is 14.9. The van der Waals surface area contributed by atoms with Gasteiger partial charge in [0.05, 0.1) is 10.8 Å². The van der Waals surface area contributed by atoms with Crippen molar-refractivity contribution >= 4 is 26.6 Å². The molecule has 25 heavy (non-hydrogen) atoms. The molecule has 2 aromatic rings. The molecular weight excluding hydrogens is 334 g/mol. The Morgan fingerprint density at radius 1 is 1.16 bits per heavy atom. The van der Waals surface area contributed by atoms with Gasteiger partial charge in [-0.05, 0) is 69.7 Å². The van der Waals surface area contributed by atoms with Crippen molar-refractivity contribution < 1.29 is 8.42 Å². The van der Waals surface area contributed by atoms with Crippen LogP contribution < -0.4 is 10.0 Å². The van der Waals surface area contributed by atoms with Gasteiger partial charge in [-0.15, -0.1) is 0 Å². The van der Waals surface area contributed by atoms with Crippen LogP contribution in [0.25, 0.3) is 10.9 Å². The zero-order valence-corrected chi connectivity index (χ0v) is 15.7. The lowest BCUT2D eigenvalue weighted by atomic mass is 9.86. The number of hydrogen-bond donors (Lipinski definition) is 2. The molecule has 136 valence electrons. The van der Waals surface area contributed by atoms with Crippen molar-refractivity contribution in [3.63, 3.8) is 0 Å². The highest BCUT2D eigenvalue weighted by Crippen LogP contribution is 2.26. The fraction of sp³-hybridized carbons (Fsp3) is 0.526. The van der Waals surface area contributed by atoms with Gasteiger partial charge < -0.3 is 5.32 Å². The SMILES string of the molecule is CC(C)S(=O)(=O)NC1CCC(CNc2ccc3ncccc3c2)CC1. The van der Waals surface area contributed by atoms with Crippen LogP contribution in [-0.2, 0) is 10.0 Å². The van der Waals surface area contributed by atoms with Crippen LogP contribution in [0.3, 0.4) is 0 Å². The third kappa shape index (κ3) is 4.70. The van der Waals surface area contributed by atoms with Crippen molar-refractivity contribution in [1.82, 2.24) is 9.71 Å². The van der Waals surface area contributed by atoms with Gasteiger partial charge in [-0.2, -0.15) is 0 Å². The van der Waals surface area contributed by atoms with Gasteiger partial charge in [-0.3, -0.25) is 4.98 Å². The summed E-state index contributed by atoms with van der Waals surface area (Å²) in [4.78, 5) is 4.34. The summed E-state index contributed by atoms with van der Waals surface area (Å²) < 4.78 is 26.8. The molecular formula is C19H27N3O2S. The first-order valence-corrected chi connectivity index (χ1v) is 10.6. The summed E-state index contributed by atoms with van der Waals surface area (Å²) in [5.41, 5.74) is 2.12. The summed E-state index contributed by atoms with van der Waals surface area (Å²) in [5, 5.41) is 4.29. The van der Waals surface area contributed by atoms with E-state index in [4.69, 9.17) is 0 Å². The van der Waals surface area contributed by atoms with E-state index < -0.39 is 10.0 Å². The van der Waals surface area contributed by atoms with Crippen molar-refractivity contribution in [2.75, 3.05) is 11.9 Å². The van der Waals surface area contributed by atoms with E-state index in [9.17, 15) is 8.42 Å². The maximum Gasteiger partial charge on any atom is 0.214 e. The van der Waals surface area contributed by atoms with Gasteiger partial charge in [0, 0.05) is 29.9 Å². The van der Waals surface area contributed by atoms with Crippen LogP contribution in [0.5, 0.6) is 0 Å². The van der Waals surface area contributed by atoms with Gasteiger partial charge in [0.25, 0.3) is 0 Å². The molecule has 0 atom stereocenters. The quantitative estimate of drug-likeness (QED) is 0.826. The normalized spacial score (nSPS) is 21.6. The molecule has 0 amide bonds. The number of sulfonamides is 1. The molecule has 5 nitrogen and oxygen atoms in total. The molecule has 0 aliphatic heterocycles. The number of rotatable bonds is 6. The minimum absolute atomic E-state index is 0.0930. The largest absolute Gasteiger partial charge is 0.385 e. The minimum atomic E-state index is -3.16. The van der Waals surface area contributed by atoms with Crippen LogP contribution in [0.15, 0.2) is 36.5 Å². The van der Waals surface area contributed by atoms with Gasteiger partial charge in [0.15, 0.2) is 0 Å². The van der Waals surface area contributed by atoms with E-state index in [1.54, 1.807) is 20.0 Å². The second-order valence-electron chi connectivity index (χ2n) is 7.22. The van der Waals surface area contributed by atoms with Crippen LogP contribution >= 0.6 is 0 Å². The van der Waals surface area contributed by atoms with Gasteiger partial charge in [-0.1, -0.05) is 6.07 Å². The monoisotopic (exact) mass is 361 g/mol. The second kappa shape index (κ2) is 7.70. The Morgan fingerprint density at radius 2 is 1.92 bits per heavy atom. The Morgan fingerprint density at radius 3 is 2.64 bits per heavy atom. The first-order valence-electron chi connectivity index (χ1n) is 9.04. The number of anilines is 1. The summed E-state index contributed by atoms with van der Waals surface area (Å²) >= 11 is 0. The Balaban J connectivity index is 1.49. The van der Waals surface area contributed by atoms with E-state index in [-0.39, 0.29) is 11.3 Å². The fourth-order valence-corrected chi connectivity index (χ4v) is 4.27. The molecule has 6 heteroatoms. The number of nitrogens with zero attached hydrogens (tertiary/aromatic N) is 1. The number of fused-ring (bicyclic) bond motifs is 1. The molecule has 0 saturated heterocycles. The van der Waals surface area contributed by atoms with Gasteiger partial charge in [0.1, 0.15) is 0 Å². The molecule has 0 bridgehead atoms. The molecule has 2 N–H and O–H groups in total. The van der Waals surface area contributed by atoms with E-state index in [1.165, 1.54) is 0 Å². The third-order valence-corrected chi connectivity index (χ3v) is 6.90. The summed E-state index contributed by atoms with van der Waals surface area (Å²) in [6, 6.07) is 10.3. The number of pyridine rings is 1. The number of nitrogens with one attached hydrogen (secondary N) is 2. The first-order chi connectivity index (χ1) is 11.9. The average molecular weight is 362 g/mol. The zero-order chi connectivity index (χ0) is 17.9. The lowest BCUT2D eigenvalue weighted by Crippen LogP contribution is -2.41. The summed E-state index contributed by atoms with van der Waals surface area (Å²) in [5.74, 6) is 0.587. The summed E-state index contributed by atoms with van der Waals surface area (Å²) in [7, 11) is -3.16. The van der Waals surface area contributed by atoms with Crippen LogP contribution in [-0.4, -0.2) is 31.2 Å². The number of hydrogen-bond acceptors (Lipinski definition) is 4. The first kappa shape index (κ1) is 18.1. The minimum Gasteiger partial charge on any atom is -0.385 e. The Kier molecular flexibility index (Phi) is 5.59. The highest BCUT2D eigenvalue weighted by Gasteiger charge is 2.26. The molecule has 1 aliphatic rings. The molecule has 0 spiro atoms. The molecule has 3 rings (SSSR count). The van der Waals surface area contributed by atoms with Crippen molar-refractivity contribution in [3.8, 4) is 0 Å². The van der Waals surface area contributed by atoms with Crippen molar-refractivity contribution in [3.05, 3.63) is 36.5 Å². The standard InChI is InChI=1S/C19H27N3O2S/c1-14(2)25(23,24)22-17-7-5-15(6-8-17)13-21-18-9-10-19-16(12-18)4-3-11-20-19/h3-4,9-12,14-15,17,21-22H,5-8,13H2,1-2H3. The highest BCUT2D eigenvalue weighted by molar-refractivity contribution is 7.90. The van der Waals surface area contributed by atoms with E-state index in [0.29, 0.717) is 5.92 Å². The topological polar surface area (TPSA) is 71.1 Å². The maximum atomic E-state index is 12.0. The average Bonchev–Trinajstić information content (AvgIpc) is 2.60. The number of benzene rings is 1. The second-order valence-corrected chi connectivity index (χ2v) is 9.49. The van der Waals surface area contributed by atoms with E-state index >= 15 is 0 Å². The van der Waals surface area contributed by atoms with E-state index in [1.807, 2.05) is 12.1 Å². The van der Waals surface area contributed by atoms with Crippen molar-refractivity contribution in [2.24, 2.45) is 5.92 Å². The fourth-order valence-electron chi connectivity index (χ4n) is 3.30. The summed E-state index contributed by atoms with van der Waals surface area (Å²) in [6.07, 6.45) is 5.74. The van der Waals surface area contributed by atoms with E-state index in [0.717, 1.165) is 48.8 Å². The van der Waals surface area contributed by atoms with Crippen molar-refractivity contribution in [1.29, 1.82) is 0 Å². The molecule has 1 aliphatic carbocycles. The molecule has 0 unspecified atom stereocenters. The van der Waals surface area contributed by atoms with Gasteiger partial charge in [0.2, 0.25) is 10.0 Å². The van der Waals surface area contributed by atoms with Gasteiger partial charge in [-0.25, -0.2) is 13.1 Å². The number of aromatic nitrogens is 1. The Hall–Kier alpha value is -1.66. The maximum absolute atomic E-state index is 12.0. The lowest BCUT2D eigenvalue weighted by molar-refractivity contribution is 0.323. The van der Waals surface area contributed by atoms with Crippen LogP contribution in [0.2, 0.25) is 0 Å². The predicted octanol–water partition coefficient (Wildman–Crippen LogP) is 3.53. The lowest BCUT2D eigenvalue weighted by Gasteiger charge is -2.29. The molecule has 1 fully saturated rings. The molecule has 1 aromatic heterocycles. The van der Waals surface area contributed by atoms with Crippen LogP contribution in [0.4, 0.5) is 5.69 Å². The molecule has 1 heterocycles. The molecule has 1 saturated carbocycles. The van der Waals surface area contributed by atoms with Crippen LogP contribution in [0.1, 0.15) is 39.5 Å². The highest BCUT2D eigenvalue weighted by atomic mass is 32.2. The van der Waals surface area contributed by atoms with E-state index in [2.05, 4.69) is 33.2 Å². The molecule has 0 radical (unpaired) electrons. The predicted molar refractivity (Wildman–Crippen MR) is 103 cm³/mol.